The Morgan fingerprint density at radius 2 is 1.79 bits per heavy atom. The first-order valence-electron chi connectivity index (χ1n) is 9.67. The van der Waals surface area contributed by atoms with Gasteiger partial charge in [-0.3, -0.25) is 9.59 Å². The number of carbonyl (C=O) groups excluding carboxylic acids is 1. The predicted octanol–water partition coefficient (Wildman–Crippen LogP) is 3.42. The highest BCUT2D eigenvalue weighted by atomic mass is 79.9. The van der Waals surface area contributed by atoms with Crippen LogP contribution in [0.3, 0.4) is 0 Å². The number of pyridine rings is 1. The molecule has 3 aromatic rings. The number of amides is 1. The van der Waals surface area contributed by atoms with Crippen LogP contribution in [0.15, 0.2) is 51.9 Å². The molecule has 0 bridgehead atoms. The highest BCUT2D eigenvalue weighted by Gasteiger charge is 2.27. The van der Waals surface area contributed by atoms with Gasteiger partial charge in [0, 0.05) is 48.8 Å². The molecule has 0 radical (unpaired) electrons. The summed E-state index contributed by atoms with van der Waals surface area (Å²) in [4.78, 5) is 29.9. The quantitative estimate of drug-likeness (QED) is 0.594. The number of carbonyl (C=O) groups is 1. The number of rotatable bonds is 2. The van der Waals surface area contributed by atoms with Gasteiger partial charge < -0.3 is 14.4 Å². The molecule has 0 saturated carbocycles. The van der Waals surface area contributed by atoms with Crippen molar-refractivity contribution in [2.45, 2.75) is 13.0 Å². The highest BCUT2D eigenvalue weighted by Crippen LogP contribution is 2.28. The second kappa shape index (κ2) is 6.99. The Morgan fingerprint density at radius 1 is 1.03 bits per heavy atom. The van der Waals surface area contributed by atoms with E-state index in [0.29, 0.717) is 37.3 Å². The smallest absolute Gasteiger partial charge is 0.259 e. The molecule has 0 unspecified atom stereocenters. The van der Waals surface area contributed by atoms with Gasteiger partial charge in [0.2, 0.25) is 5.43 Å². The summed E-state index contributed by atoms with van der Waals surface area (Å²) in [6, 6.07) is 10.5. The Kier molecular flexibility index (Phi) is 4.42. The Balaban J connectivity index is 1.43. The van der Waals surface area contributed by atoms with Crippen LogP contribution in [-0.4, -0.2) is 41.6 Å². The molecular weight excluding hydrogens is 437 g/mol. The first-order chi connectivity index (χ1) is 14.0. The summed E-state index contributed by atoms with van der Waals surface area (Å²) >= 11 is 3.47. The van der Waals surface area contributed by atoms with E-state index in [-0.39, 0.29) is 22.7 Å². The molecule has 2 aliphatic heterocycles. The second-order valence-corrected chi connectivity index (χ2v) is 8.42. The third-order valence-electron chi connectivity index (χ3n) is 5.83. The minimum atomic E-state index is -0.260. The van der Waals surface area contributed by atoms with E-state index in [2.05, 4.69) is 15.9 Å². The van der Waals surface area contributed by atoms with Crippen molar-refractivity contribution in [2.75, 3.05) is 31.1 Å². The van der Waals surface area contributed by atoms with Crippen molar-refractivity contribution in [1.82, 2.24) is 9.47 Å². The van der Waals surface area contributed by atoms with E-state index < -0.39 is 0 Å². The monoisotopic (exact) mass is 455 g/mol. The van der Waals surface area contributed by atoms with Crippen molar-refractivity contribution in [3.05, 3.63) is 74.2 Å². The van der Waals surface area contributed by atoms with Gasteiger partial charge in [-0.05, 0) is 36.2 Å². The van der Waals surface area contributed by atoms with E-state index >= 15 is 0 Å². The van der Waals surface area contributed by atoms with Crippen molar-refractivity contribution in [1.29, 1.82) is 0 Å². The van der Waals surface area contributed by atoms with Gasteiger partial charge in [-0.2, -0.15) is 0 Å². The van der Waals surface area contributed by atoms with Gasteiger partial charge in [-0.15, -0.1) is 0 Å². The van der Waals surface area contributed by atoms with Crippen molar-refractivity contribution in [2.24, 2.45) is 0 Å². The van der Waals surface area contributed by atoms with Gasteiger partial charge in [0.25, 0.3) is 5.91 Å². The summed E-state index contributed by atoms with van der Waals surface area (Å²) in [5, 5.41) is 0.586. The van der Waals surface area contributed by atoms with E-state index in [0.717, 1.165) is 28.5 Å². The molecule has 1 aromatic heterocycles. The molecule has 0 atom stereocenters. The minimum Gasteiger partial charge on any atom is -0.366 e. The van der Waals surface area contributed by atoms with Crippen LogP contribution < -0.4 is 10.3 Å². The topological polar surface area (TPSA) is 45.6 Å². The fourth-order valence-corrected chi connectivity index (χ4v) is 4.89. The highest BCUT2D eigenvalue weighted by molar-refractivity contribution is 9.10. The number of hydrogen-bond acceptors (Lipinski definition) is 3. The lowest BCUT2D eigenvalue weighted by Crippen LogP contribution is -2.49. The lowest BCUT2D eigenvalue weighted by Gasteiger charge is -2.36. The van der Waals surface area contributed by atoms with Gasteiger partial charge in [0.05, 0.1) is 11.2 Å². The molecule has 29 heavy (non-hydrogen) atoms. The molecule has 5 rings (SSSR count). The van der Waals surface area contributed by atoms with Gasteiger partial charge >= 0.3 is 0 Å². The molecule has 5 nitrogen and oxygen atoms in total. The maximum Gasteiger partial charge on any atom is 0.259 e. The number of para-hydroxylation sites is 1. The SMILES string of the molecule is O=C(c1cn2c3c(cc(Br)cc3c1=O)CC2)N1CCN(c2ccccc2F)CC1. The Bertz CT molecular complexity index is 1200. The standard InChI is InChI=1S/C22H19BrFN3O2/c23-15-11-14-5-6-27-13-17(21(28)16(12-15)20(14)27)22(29)26-9-7-25(8-10-26)19-4-2-1-3-18(19)24/h1-4,11-13H,5-10H2. The van der Waals surface area contributed by atoms with Gasteiger partial charge in [0.15, 0.2) is 0 Å². The van der Waals surface area contributed by atoms with Crippen LogP contribution in [0.4, 0.5) is 10.1 Å². The van der Waals surface area contributed by atoms with Crippen molar-refractivity contribution < 1.29 is 9.18 Å². The molecule has 1 saturated heterocycles. The van der Waals surface area contributed by atoms with Crippen LogP contribution >= 0.6 is 15.9 Å². The predicted molar refractivity (Wildman–Crippen MR) is 114 cm³/mol. The zero-order chi connectivity index (χ0) is 20.1. The number of hydrogen-bond donors (Lipinski definition) is 0. The van der Waals surface area contributed by atoms with Crippen LogP contribution in [0.2, 0.25) is 0 Å². The van der Waals surface area contributed by atoms with Crippen molar-refractivity contribution in [3.63, 3.8) is 0 Å². The third-order valence-corrected chi connectivity index (χ3v) is 6.29. The number of benzene rings is 2. The average molecular weight is 456 g/mol. The van der Waals surface area contributed by atoms with Crippen molar-refractivity contribution >= 4 is 38.4 Å². The summed E-state index contributed by atoms with van der Waals surface area (Å²) in [6.45, 7) is 2.74. The fraction of sp³-hybridized carbons (Fsp3) is 0.273. The van der Waals surface area contributed by atoms with Crippen LogP contribution in [0.1, 0.15) is 15.9 Å². The van der Waals surface area contributed by atoms with E-state index in [1.165, 1.54) is 6.07 Å². The molecule has 2 aliphatic rings. The largest absolute Gasteiger partial charge is 0.366 e. The first-order valence-corrected chi connectivity index (χ1v) is 10.5. The molecule has 1 amide bonds. The van der Waals surface area contributed by atoms with E-state index in [9.17, 15) is 14.0 Å². The number of aryl methyl sites for hydroxylation is 2. The average Bonchev–Trinajstić information content (AvgIpc) is 3.13. The Morgan fingerprint density at radius 3 is 2.55 bits per heavy atom. The minimum absolute atomic E-state index is 0.211. The van der Waals surface area contributed by atoms with Crippen LogP contribution in [0.25, 0.3) is 10.9 Å². The van der Waals surface area contributed by atoms with E-state index in [1.807, 2.05) is 15.5 Å². The summed E-state index contributed by atoms with van der Waals surface area (Å²) < 4.78 is 16.9. The second-order valence-electron chi connectivity index (χ2n) is 7.51. The zero-order valence-corrected chi connectivity index (χ0v) is 17.3. The molecule has 2 aromatic carbocycles. The van der Waals surface area contributed by atoms with E-state index in [1.54, 1.807) is 35.4 Å². The molecule has 3 heterocycles. The summed E-state index contributed by atoms with van der Waals surface area (Å²) in [7, 11) is 0. The van der Waals surface area contributed by atoms with Crippen LogP contribution in [-0.2, 0) is 13.0 Å². The fourth-order valence-electron chi connectivity index (χ4n) is 4.38. The third kappa shape index (κ3) is 3.04. The Hall–Kier alpha value is -2.67. The number of aromatic nitrogens is 1. The van der Waals surface area contributed by atoms with Gasteiger partial charge in [-0.25, -0.2) is 4.39 Å². The van der Waals surface area contributed by atoms with Crippen LogP contribution in [0, 0.1) is 5.82 Å². The maximum absolute atomic E-state index is 14.0. The van der Waals surface area contributed by atoms with Gasteiger partial charge in [0.1, 0.15) is 11.4 Å². The van der Waals surface area contributed by atoms with Gasteiger partial charge in [-0.1, -0.05) is 28.1 Å². The van der Waals surface area contributed by atoms with E-state index in [4.69, 9.17) is 0 Å². The maximum atomic E-state index is 14.0. The first kappa shape index (κ1) is 18.4. The molecule has 148 valence electrons. The number of nitrogens with zero attached hydrogens (tertiary/aromatic N) is 3. The lowest BCUT2D eigenvalue weighted by atomic mass is 10.1. The lowest BCUT2D eigenvalue weighted by molar-refractivity contribution is 0.0744. The summed E-state index contributed by atoms with van der Waals surface area (Å²) in [5.74, 6) is -0.508. The normalized spacial score (nSPS) is 15.9. The van der Waals surface area contributed by atoms with Crippen LogP contribution in [0.5, 0.6) is 0 Å². The molecule has 1 fully saturated rings. The zero-order valence-electron chi connectivity index (χ0n) is 15.7. The molecular formula is C22H19BrFN3O2. The number of piperazine rings is 1. The summed E-state index contributed by atoms with van der Waals surface area (Å²) in [5.41, 5.74) is 2.60. The van der Waals surface area contributed by atoms with Crippen molar-refractivity contribution in [3.8, 4) is 0 Å². The number of halogens is 2. The molecule has 7 heteroatoms. The molecule has 0 N–H and O–H groups in total. The Labute approximate surface area is 175 Å². The number of anilines is 1. The molecule has 0 spiro atoms. The molecule has 0 aliphatic carbocycles. The summed E-state index contributed by atoms with van der Waals surface area (Å²) in [6.07, 6.45) is 2.56.